The number of nitrogens with one attached hydrogen (secondary N) is 1. The van der Waals surface area contributed by atoms with Crippen molar-refractivity contribution in [3.63, 3.8) is 0 Å². The van der Waals surface area contributed by atoms with Gasteiger partial charge in [0.05, 0.1) is 0 Å². The van der Waals surface area contributed by atoms with E-state index in [1.165, 1.54) is 12.8 Å². The maximum atomic E-state index is 12.1. The van der Waals surface area contributed by atoms with Gasteiger partial charge in [0.25, 0.3) is 0 Å². The zero-order chi connectivity index (χ0) is 13.3. The van der Waals surface area contributed by atoms with Crippen molar-refractivity contribution in [1.29, 1.82) is 0 Å². The summed E-state index contributed by atoms with van der Waals surface area (Å²) in [4.78, 5) is 12.1. The SMILES string of the molecule is O=C(OC1CCC23CC1CC2(CO)C3)C(I)C1N[I-]1. The van der Waals surface area contributed by atoms with E-state index in [4.69, 9.17) is 4.74 Å². The average Bonchev–Trinajstić information content (AvgIpc) is 3.30. The second kappa shape index (κ2) is 4.42. The minimum atomic E-state index is -0.0186. The minimum absolute atomic E-state index is 0.00373. The van der Waals surface area contributed by atoms with Crippen molar-refractivity contribution < 1.29 is 36.1 Å². The molecule has 2 bridgehead atoms. The number of halogens is 2. The first kappa shape index (κ1) is 13.5. The maximum absolute atomic E-state index is 12.1. The van der Waals surface area contributed by atoms with Gasteiger partial charge in [-0.1, -0.05) is 0 Å². The van der Waals surface area contributed by atoms with Crippen LogP contribution in [0.4, 0.5) is 0 Å². The Labute approximate surface area is 137 Å². The van der Waals surface area contributed by atoms with Crippen molar-refractivity contribution in [3.8, 4) is 0 Å². The second-order valence-electron chi connectivity index (χ2n) is 6.60. The molecule has 0 aromatic heterocycles. The summed E-state index contributed by atoms with van der Waals surface area (Å²) in [6.45, 7) is 0.329. The summed E-state index contributed by atoms with van der Waals surface area (Å²) in [6.07, 6.45) is 5.72. The van der Waals surface area contributed by atoms with Crippen LogP contribution in [0.3, 0.4) is 0 Å². The van der Waals surface area contributed by atoms with Crippen molar-refractivity contribution in [2.24, 2.45) is 16.7 Å². The van der Waals surface area contributed by atoms with Crippen LogP contribution < -0.4 is 25.0 Å². The van der Waals surface area contributed by atoms with Crippen molar-refractivity contribution >= 4 is 28.6 Å². The summed E-state index contributed by atoms with van der Waals surface area (Å²) in [5.41, 5.74) is 0.620. The molecule has 3 aliphatic carbocycles. The molecule has 0 amide bonds. The van der Waals surface area contributed by atoms with Crippen LogP contribution in [-0.2, 0) is 9.53 Å². The van der Waals surface area contributed by atoms with E-state index < -0.39 is 0 Å². The summed E-state index contributed by atoms with van der Waals surface area (Å²) < 4.78 is 9.51. The zero-order valence-corrected chi connectivity index (χ0v) is 14.9. The van der Waals surface area contributed by atoms with Gasteiger partial charge >= 0.3 is 138 Å². The first-order chi connectivity index (χ1) is 9.09. The van der Waals surface area contributed by atoms with Crippen LogP contribution in [0.2, 0.25) is 0 Å². The molecule has 0 radical (unpaired) electrons. The number of aliphatic hydroxyl groups excluding tert-OH is 1. The van der Waals surface area contributed by atoms with E-state index in [-0.39, 0.29) is 42.9 Å². The molecule has 6 atom stereocenters. The van der Waals surface area contributed by atoms with Gasteiger partial charge in [-0.3, -0.25) is 0 Å². The Bertz CT molecular complexity index is 428. The van der Waals surface area contributed by atoms with Gasteiger partial charge in [0, 0.05) is 0 Å². The molecule has 2 N–H and O–H groups in total. The van der Waals surface area contributed by atoms with Crippen LogP contribution in [-0.4, -0.2) is 31.8 Å². The monoisotopic (exact) mass is 490 g/mol. The molecule has 6 unspecified atom stereocenters. The molecule has 0 aromatic carbocycles. The van der Waals surface area contributed by atoms with Crippen LogP contribution in [0.1, 0.15) is 32.1 Å². The van der Waals surface area contributed by atoms with Gasteiger partial charge in [-0.2, -0.15) is 0 Å². The van der Waals surface area contributed by atoms with Crippen LogP contribution >= 0.6 is 22.6 Å². The molecule has 1 heterocycles. The van der Waals surface area contributed by atoms with Crippen LogP contribution in [0.5, 0.6) is 0 Å². The summed E-state index contributed by atoms with van der Waals surface area (Å²) in [6, 6.07) is 0. The van der Waals surface area contributed by atoms with Gasteiger partial charge in [0.15, 0.2) is 0 Å². The van der Waals surface area contributed by atoms with Gasteiger partial charge < -0.3 is 0 Å². The Hall–Kier alpha value is 0.850. The van der Waals surface area contributed by atoms with E-state index in [2.05, 4.69) is 26.1 Å². The second-order valence-corrected chi connectivity index (χ2v) is 10.5. The third-order valence-electron chi connectivity index (χ3n) is 5.70. The number of rotatable bonds is 4. The normalized spacial score (nSPS) is 51.8. The van der Waals surface area contributed by atoms with Gasteiger partial charge in [-0.05, 0) is 0 Å². The number of aliphatic hydroxyl groups is 1. The van der Waals surface area contributed by atoms with E-state index >= 15 is 0 Å². The van der Waals surface area contributed by atoms with Crippen LogP contribution in [0, 0.1) is 16.7 Å². The molecule has 6 heteroatoms. The Morgan fingerprint density at radius 1 is 1.58 bits per heavy atom. The molecule has 1 saturated heterocycles. The van der Waals surface area contributed by atoms with Crippen molar-refractivity contribution in [3.05, 3.63) is 0 Å². The molecule has 4 fully saturated rings. The molecular weight excluding hydrogens is 472 g/mol. The van der Waals surface area contributed by atoms with Gasteiger partial charge in [-0.15, -0.1) is 0 Å². The first-order valence-corrected chi connectivity index (χ1v) is 10.5. The molecule has 0 aromatic rings. The zero-order valence-electron chi connectivity index (χ0n) is 10.6. The van der Waals surface area contributed by atoms with Gasteiger partial charge in [0.1, 0.15) is 0 Å². The topological polar surface area (TPSA) is 68.5 Å². The van der Waals surface area contributed by atoms with Crippen molar-refractivity contribution in [1.82, 2.24) is 3.53 Å². The first-order valence-electron chi connectivity index (χ1n) is 6.93. The number of ether oxygens (including phenoxy) is 1. The Balaban J connectivity index is 1.40. The third-order valence-corrected chi connectivity index (χ3v) is 10.4. The fourth-order valence-electron chi connectivity index (χ4n) is 4.55. The summed E-state index contributed by atoms with van der Waals surface area (Å²) >= 11 is 2.28. The van der Waals surface area contributed by atoms with Gasteiger partial charge in [-0.25, -0.2) is 0 Å². The summed E-state index contributed by atoms with van der Waals surface area (Å²) in [5.74, 6) is 0.485. The summed E-state index contributed by atoms with van der Waals surface area (Å²) in [7, 11) is 0. The van der Waals surface area contributed by atoms with Crippen LogP contribution in [0.15, 0.2) is 0 Å². The van der Waals surface area contributed by atoms with Gasteiger partial charge in [0.2, 0.25) is 0 Å². The number of carbonyl (C=O) groups is 1. The van der Waals surface area contributed by atoms with Crippen molar-refractivity contribution in [2.45, 2.75) is 46.2 Å². The molecule has 3 saturated carbocycles. The summed E-state index contributed by atoms with van der Waals surface area (Å²) in [5, 5.41) is 9.63. The molecule has 19 heavy (non-hydrogen) atoms. The van der Waals surface area contributed by atoms with E-state index in [9.17, 15) is 9.90 Å². The van der Waals surface area contributed by atoms with Crippen LogP contribution in [0.25, 0.3) is 0 Å². The predicted molar refractivity (Wildman–Crippen MR) is 73.1 cm³/mol. The Kier molecular flexibility index (Phi) is 3.14. The van der Waals surface area contributed by atoms with Crippen molar-refractivity contribution in [2.75, 3.05) is 6.61 Å². The quantitative estimate of drug-likeness (QED) is 0.122. The number of esters is 1. The fraction of sp³-hybridized carbons (Fsp3) is 0.923. The number of hydrogen-bond donors (Lipinski definition) is 2. The Morgan fingerprint density at radius 2 is 2.37 bits per heavy atom. The predicted octanol–water partition coefficient (Wildman–Crippen LogP) is -1.79. The molecule has 1 aliphatic heterocycles. The Morgan fingerprint density at radius 3 is 3.05 bits per heavy atom. The third kappa shape index (κ3) is 1.99. The van der Waals surface area contributed by atoms with E-state index in [0.717, 1.165) is 19.3 Å². The molecule has 108 valence electrons. The molecule has 4 aliphatic rings. The number of fused-ring (bicyclic) bond motifs is 1. The van der Waals surface area contributed by atoms with E-state index in [1.54, 1.807) is 0 Å². The van der Waals surface area contributed by atoms with E-state index in [1.807, 2.05) is 0 Å². The standard InChI is InChI=1S/C13H18I2NO3/c14-9(10-15-16-10)11(18)19-8-1-2-12-3-7(8)4-13(12,5-12)6-17/h7-10,16-17H,1-6H2/q-1. The number of carbonyl (C=O) groups excluding carboxylic acids is 1. The average molecular weight is 490 g/mol. The molecule has 4 rings (SSSR count). The number of hydrogen-bond acceptors (Lipinski definition) is 4. The molecule has 1 spiro atoms. The fourth-order valence-corrected chi connectivity index (χ4v) is 7.66. The molecular formula is C13H18I2NO3-. The van der Waals surface area contributed by atoms with E-state index in [0.29, 0.717) is 22.0 Å². The number of alkyl halides is 2. The molecule has 4 nitrogen and oxygen atoms in total.